The smallest absolute Gasteiger partial charge is 0.317 e. The minimum atomic E-state index is -0.0269. The number of urea groups is 1. The third-order valence-electron chi connectivity index (χ3n) is 4.46. The molecule has 0 atom stereocenters. The van der Waals surface area contributed by atoms with Crippen LogP contribution in [0.1, 0.15) is 37.9 Å². The van der Waals surface area contributed by atoms with E-state index < -0.39 is 0 Å². The summed E-state index contributed by atoms with van der Waals surface area (Å²) in [7, 11) is 0. The van der Waals surface area contributed by atoms with Crippen molar-refractivity contribution in [1.82, 2.24) is 20.4 Å². The molecule has 1 aromatic carbocycles. The van der Waals surface area contributed by atoms with Gasteiger partial charge in [-0.25, -0.2) is 4.79 Å². The molecule has 0 spiro atoms. The lowest BCUT2D eigenvalue weighted by molar-refractivity contribution is 0.0448. The van der Waals surface area contributed by atoms with Crippen molar-refractivity contribution >= 4 is 6.03 Å². The van der Waals surface area contributed by atoms with Gasteiger partial charge in [0.05, 0.1) is 18.7 Å². The minimum absolute atomic E-state index is 0.0145. The van der Waals surface area contributed by atoms with Gasteiger partial charge in [0.15, 0.2) is 5.82 Å². The summed E-state index contributed by atoms with van der Waals surface area (Å²) in [6.45, 7) is 3.90. The van der Waals surface area contributed by atoms with Crippen LogP contribution in [0.4, 0.5) is 4.79 Å². The minimum Gasteiger partial charge on any atom is -0.486 e. The Labute approximate surface area is 146 Å². The van der Waals surface area contributed by atoms with Crippen molar-refractivity contribution < 1.29 is 14.1 Å². The van der Waals surface area contributed by atoms with Gasteiger partial charge in [-0.05, 0) is 31.4 Å². The standard InChI is InChI=1S/C18H22N4O3/c1-2-9-19-18(23)22-10-13(11-22)24-15-6-4-3-5-14(15)17-20-16(21-25-17)12-7-8-12/h3-6,12-13H,2,7-11H2,1H3,(H,19,23). The van der Waals surface area contributed by atoms with E-state index in [1.54, 1.807) is 4.90 Å². The number of benzene rings is 1. The molecular formula is C18H22N4O3. The highest BCUT2D eigenvalue weighted by molar-refractivity contribution is 5.75. The molecule has 2 amide bonds. The van der Waals surface area contributed by atoms with Gasteiger partial charge in [-0.2, -0.15) is 4.98 Å². The van der Waals surface area contributed by atoms with E-state index in [-0.39, 0.29) is 12.1 Å². The van der Waals surface area contributed by atoms with E-state index in [2.05, 4.69) is 15.5 Å². The Morgan fingerprint density at radius 3 is 2.92 bits per heavy atom. The predicted molar refractivity (Wildman–Crippen MR) is 91.4 cm³/mol. The number of hydrogen-bond acceptors (Lipinski definition) is 5. The molecular weight excluding hydrogens is 320 g/mol. The molecule has 1 N–H and O–H groups in total. The number of aromatic nitrogens is 2. The molecule has 0 radical (unpaired) electrons. The summed E-state index contributed by atoms with van der Waals surface area (Å²) in [4.78, 5) is 18.1. The Hall–Kier alpha value is -2.57. The van der Waals surface area contributed by atoms with Gasteiger partial charge < -0.3 is 19.5 Å². The summed E-state index contributed by atoms with van der Waals surface area (Å²) < 4.78 is 11.5. The molecule has 0 unspecified atom stereocenters. The first kappa shape index (κ1) is 15.9. The van der Waals surface area contributed by atoms with Crippen LogP contribution in [0.2, 0.25) is 0 Å². The van der Waals surface area contributed by atoms with Crippen LogP contribution in [0.25, 0.3) is 11.5 Å². The fraction of sp³-hybridized carbons (Fsp3) is 0.500. The second-order valence-corrected chi connectivity index (χ2v) is 6.60. The molecule has 1 aromatic heterocycles. The van der Waals surface area contributed by atoms with E-state index in [9.17, 15) is 4.79 Å². The van der Waals surface area contributed by atoms with Crippen molar-refractivity contribution in [1.29, 1.82) is 0 Å². The van der Waals surface area contributed by atoms with Gasteiger partial charge in [0.2, 0.25) is 0 Å². The normalized spacial score (nSPS) is 17.2. The van der Waals surface area contributed by atoms with E-state index in [0.29, 0.717) is 37.2 Å². The first-order valence-electron chi connectivity index (χ1n) is 8.87. The van der Waals surface area contributed by atoms with Crippen LogP contribution in [-0.4, -0.2) is 46.8 Å². The van der Waals surface area contributed by atoms with Gasteiger partial charge in [-0.1, -0.05) is 24.2 Å². The molecule has 7 nitrogen and oxygen atoms in total. The maximum Gasteiger partial charge on any atom is 0.317 e. The molecule has 2 aliphatic rings. The monoisotopic (exact) mass is 342 g/mol. The van der Waals surface area contributed by atoms with Crippen LogP contribution in [0.5, 0.6) is 5.75 Å². The number of ether oxygens (including phenoxy) is 1. The van der Waals surface area contributed by atoms with Crippen molar-refractivity contribution in [3.8, 4) is 17.2 Å². The van der Waals surface area contributed by atoms with Gasteiger partial charge in [-0.15, -0.1) is 0 Å². The van der Waals surface area contributed by atoms with Crippen LogP contribution in [0.15, 0.2) is 28.8 Å². The zero-order chi connectivity index (χ0) is 17.2. The number of carbonyl (C=O) groups excluding carboxylic acids is 1. The lowest BCUT2D eigenvalue weighted by Gasteiger charge is -2.39. The molecule has 1 saturated heterocycles. The molecule has 7 heteroatoms. The average molecular weight is 342 g/mol. The summed E-state index contributed by atoms with van der Waals surface area (Å²) in [6.07, 6.45) is 3.18. The summed E-state index contributed by atoms with van der Waals surface area (Å²) in [5, 5.41) is 6.94. The maximum absolute atomic E-state index is 11.9. The van der Waals surface area contributed by atoms with E-state index in [4.69, 9.17) is 9.26 Å². The highest BCUT2D eigenvalue weighted by Crippen LogP contribution is 2.39. The van der Waals surface area contributed by atoms with Crippen LogP contribution in [0, 0.1) is 0 Å². The molecule has 132 valence electrons. The molecule has 1 aliphatic heterocycles. The Kier molecular flexibility index (Phi) is 4.29. The fourth-order valence-corrected chi connectivity index (χ4v) is 2.80. The van der Waals surface area contributed by atoms with Crippen LogP contribution >= 0.6 is 0 Å². The highest BCUT2D eigenvalue weighted by atomic mass is 16.5. The number of nitrogens with zero attached hydrogens (tertiary/aromatic N) is 3. The Morgan fingerprint density at radius 1 is 1.36 bits per heavy atom. The zero-order valence-electron chi connectivity index (χ0n) is 14.3. The van der Waals surface area contributed by atoms with Crippen molar-refractivity contribution in [2.24, 2.45) is 0 Å². The van der Waals surface area contributed by atoms with Crippen molar-refractivity contribution in [2.75, 3.05) is 19.6 Å². The van der Waals surface area contributed by atoms with Crippen LogP contribution in [-0.2, 0) is 0 Å². The summed E-state index contributed by atoms with van der Waals surface area (Å²) in [5.41, 5.74) is 0.802. The van der Waals surface area contributed by atoms with E-state index in [0.717, 1.165) is 30.7 Å². The number of carbonyl (C=O) groups is 1. The Morgan fingerprint density at radius 2 is 2.16 bits per heavy atom. The Balaban J connectivity index is 1.39. The fourth-order valence-electron chi connectivity index (χ4n) is 2.80. The van der Waals surface area contributed by atoms with Crippen LogP contribution in [0.3, 0.4) is 0 Å². The first-order chi connectivity index (χ1) is 12.2. The first-order valence-corrected chi connectivity index (χ1v) is 8.87. The number of nitrogens with one attached hydrogen (secondary N) is 1. The largest absolute Gasteiger partial charge is 0.486 e. The number of hydrogen-bond donors (Lipinski definition) is 1. The summed E-state index contributed by atoms with van der Waals surface area (Å²) >= 11 is 0. The molecule has 2 aromatic rings. The van der Waals surface area contributed by atoms with E-state index >= 15 is 0 Å². The highest BCUT2D eigenvalue weighted by Gasteiger charge is 2.33. The molecule has 2 fully saturated rings. The molecule has 1 saturated carbocycles. The number of rotatable bonds is 6. The molecule has 0 bridgehead atoms. The van der Waals surface area contributed by atoms with Gasteiger partial charge in [0, 0.05) is 12.5 Å². The molecule has 2 heterocycles. The quantitative estimate of drug-likeness (QED) is 0.873. The lowest BCUT2D eigenvalue weighted by atomic mass is 10.1. The Bertz CT molecular complexity index is 750. The van der Waals surface area contributed by atoms with Gasteiger partial charge in [-0.3, -0.25) is 0 Å². The van der Waals surface area contributed by atoms with Gasteiger partial charge in [0.25, 0.3) is 5.89 Å². The van der Waals surface area contributed by atoms with Gasteiger partial charge >= 0.3 is 6.03 Å². The van der Waals surface area contributed by atoms with Crippen LogP contribution < -0.4 is 10.1 Å². The third kappa shape index (κ3) is 3.45. The van der Waals surface area contributed by atoms with Crippen molar-refractivity contribution in [2.45, 2.75) is 38.2 Å². The topological polar surface area (TPSA) is 80.5 Å². The number of likely N-dealkylation sites (tertiary alicyclic amines) is 1. The second-order valence-electron chi connectivity index (χ2n) is 6.60. The molecule has 4 rings (SSSR count). The molecule has 25 heavy (non-hydrogen) atoms. The number of amides is 2. The summed E-state index contributed by atoms with van der Waals surface area (Å²) in [6, 6.07) is 7.64. The third-order valence-corrected chi connectivity index (χ3v) is 4.46. The number of para-hydroxylation sites is 1. The SMILES string of the molecule is CCCNC(=O)N1CC(Oc2ccccc2-c2nc(C3CC3)no2)C1. The van der Waals surface area contributed by atoms with E-state index in [1.807, 2.05) is 31.2 Å². The van der Waals surface area contributed by atoms with Gasteiger partial charge in [0.1, 0.15) is 11.9 Å². The predicted octanol–water partition coefficient (Wildman–Crippen LogP) is 2.80. The summed E-state index contributed by atoms with van der Waals surface area (Å²) in [5.74, 6) is 2.45. The maximum atomic E-state index is 11.9. The average Bonchev–Trinajstić information content (AvgIpc) is 3.33. The molecule has 1 aliphatic carbocycles. The van der Waals surface area contributed by atoms with Crippen molar-refractivity contribution in [3.63, 3.8) is 0 Å². The lowest BCUT2D eigenvalue weighted by Crippen LogP contribution is -2.58. The second kappa shape index (κ2) is 6.74. The zero-order valence-corrected chi connectivity index (χ0v) is 14.3. The van der Waals surface area contributed by atoms with E-state index in [1.165, 1.54) is 0 Å². The van der Waals surface area contributed by atoms with Crippen molar-refractivity contribution in [3.05, 3.63) is 30.1 Å².